The number of H-pyrrole nitrogens is 1. The molecule has 0 saturated carbocycles. The number of hydrogen-bond acceptors (Lipinski definition) is 5. The summed E-state index contributed by atoms with van der Waals surface area (Å²) >= 11 is 12.4. The molecule has 0 unspecified atom stereocenters. The van der Waals surface area contributed by atoms with Crippen LogP contribution in [0.1, 0.15) is 5.56 Å². The van der Waals surface area contributed by atoms with Gasteiger partial charge in [0.05, 0.1) is 27.3 Å². The van der Waals surface area contributed by atoms with Crippen LogP contribution in [0.2, 0.25) is 10.0 Å². The maximum absolute atomic E-state index is 13.4. The third-order valence-electron chi connectivity index (χ3n) is 4.60. The van der Waals surface area contributed by atoms with Crippen LogP contribution < -0.4 is 5.63 Å². The fourth-order valence-electron chi connectivity index (χ4n) is 3.24. The van der Waals surface area contributed by atoms with Gasteiger partial charge in [0.1, 0.15) is 16.6 Å². The summed E-state index contributed by atoms with van der Waals surface area (Å²) in [6, 6.07) is 5.33. The Kier molecular flexibility index (Phi) is 4.31. The molecule has 0 aliphatic carbocycles. The molecule has 0 aliphatic rings. The zero-order valence-corrected chi connectivity index (χ0v) is 16.5. The second kappa shape index (κ2) is 6.82. The van der Waals surface area contributed by atoms with E-state index < -0.39 is 17.4 Å². The SMILES string of the molecule is O=c1oc(-c2cc(C(F)(F)F)cn2-c2ncccc2Cl)nc2c(Cl)cc3cn[nH]c3c12. The fourth-order valence-corrected chi connectivity index (χ4v) is 3.71. The minimum absolute atomic E-state index is 0.00864. The summed E-state index contributed by atoms with van der Waals surface area (Å²) in [5.41, 5.74) is -1.61. The largest absolute Gasteiger partial charge is 0.417 e. The van der Waals surface area contributed by atoms with Gasteiger partial charge in [-0.25, -0.2) is 14.8 Å². The highest BCUT2D eigenvalue weighted by atomic mass is 35.5. The molecule has 7 nitrogen and oxygen atoms in total. The average Bonchev–Trinajstić information content (AvgIpc) is 3.35. The number of rotatable bonds is 2. The molecule has 4 heterocycles. The van der Waals surface area contributed by atoms with Crippen molar-refractivity contribution in [1.29, 1.82) is 0 Å². The van der Waals surface area contributed by atoms with Crippen molar-refractivity contribution >= 4 is 45.0 Å². The molecule has 12 heteroatoms. The second-order valence-electron chi connectivity index (χ2n) is 6.51. The van der Waals surface area contributed by atoms with Gasteiger partial charge >= 0.3 is 11.8 Å². The van der Waals surface area contributed by atoms with Crippen LogP contribution in [0.25, 0.3) is 39.2 Å². The fraction of sp³-hybridized carbons (Fsp3) is 0.0526. The maximum Gasteiger partial charge on any atom is 0.417 e. The molecule has 0 spiro atoms. The van der Waals surface area contributed by atoms with Gasteiger partial charge in [0, 0.05) is 17.8 Å². The summed E-state index contributed by atoms with van der Waals surface area (Å²) < 4.78 is 46.7. The van der Waals surface area contributed by atoms with Gasteiger partial charge in [0.2, 0.25) is 5.89 Å². The number of hydrogen-bond donors (Lipinski definition) is 1. The number of aromatic nitrogens is 5. The normalized spacial score (nSPS) is 12.2. The number of nitrogens with one attached hydrogen (secondary N) is 1. The first-order valence-electron chi connectivity index (χ1n) is 8.61. The van der Waals surface area contributed by atoms with Crippen LogP contribution in [0.3, 0.4) is 0 Å². The summed E-state index contributed by atoms with van der Waals surface area (Å²) in [4.78, 5) is 21.1. The lowest BCUT2D eigenvalue weighted by molar-refractivity contribution is -0.137. The van der Waals surface area contributed by atoms with Gasteiger partial charge in [-0.05, 0) is 24.3 Å². The Bertz CT molecular complexity index is 1540. The molecule has 4 aromatic heterocycles. The second-order valence-corrected chi connectivity index (χ2v) is 7.33. The summed E-state index contributed by atoms with van der Waals surface area (Å²) in [6.07, 6.45) is -1.03. The number of benzene rings is 1. The average molecular weight is 466 g/mol. The standard InChI is InChI=1S/C19H8Cl2F3N5O2/c20-10-2-1-3-25-16(10)29-7-9(19(22,23)24)5-12(29)17-27-15-11(21)4-8-6-26-28-14(8)13(15)18(30)31-17/h1-7H,(H,26,28). The Balaban J connectivity index is 1.83. The maximum atomic E-state index is 13.4. The molecule has 156 valence electrons. The van der Waals surface area contributed by atoms with Gasteiger partial charge in [-0.2, -0.15) is 18.3 Å². The number of fused-ring (bicyclic) bond motifs is 3. The van der Waals surface area contributed by atoms with Crippen molar-refractivity contribution < 1.29 is 17.6 Å². The van der Waals surface area contributed by atoms with Crippen LogP contribution in [0.5, 0.6) is 0 Å². The van der Waals surface area contributed by atoms with Crippen molar-refractivity contribution in [2.45, 2.75) is 6.18 Å². The van der Waals surface area contributed by atoms with Gasteiger partial charge in [-0.15, -0.1) is 0 Å². The molecule has 5 aromatic rings. The quantitative estimate of drug-likeness (QED) is 0.384. The van der Waals surface area contributed by atoms with Crippen LogP contribution >= 0.6 is 23.2 Å². The van der Waals surface area contributed by atoms with E-state index in [2.05, 4.69) is 20.2 Å². The van der Waals surface area contributed by atoms with E-state index in [-0.39, 0.29) is 38.4 Å². The third kappa shape index (κ3) is 3.15. The zero-order valence-electron chi connectivity index (χ0n) is 15.0. The van der Waals surface area contributed by atoms with E-state index in [4.69, 9.17) is 27.6 Å². The van der Waals surface area contributed by atoms with Gasteiger partial charge in [0.25, 0.3) is 0 Å². The lowest BCUT2D eigenvalue weighted by Gasteiger charge is -2.09. The highest BCUT2D eigenvalue weighted by Crippen LogP contribution is 2.36. The molecule has 31 heavy (non-hydrogen) atoms. The zero-order chi connectivity index (χ0) is 21.9. The molecule has 5 rings (SSSR count). The van der Waals surface area contributed by atoms with E-state index in [1.54, 1.807) is 0 Å². The number of alkyl halides is 3. The molecule has 0 atom stereocenters. The van der Waals surface area contributed by atoms with Gasteiger partial charge in [-0.3, -0.25) is 9.67 Å². The van der Waals surface area contributed by atoms with E-state index in [1.165, 1.54) is 30.6 Å². The number of halogens is 5. The lowest BCUT2D eigenvalue weighted by atomic mass is 10.2. The number of aromatic amines is 1. The van der Waals surface area contributed by atoms with Crippen LogP contribution in [-0.4, -0.2) is 24.7 Å². The molecule has 1 aromatic carbocycles. The molecule has 0 bridgehead atoms. The Morgan fingerprint density at radius 1 is 1.16 bits per heavy atom. The summed E-state index contributed by atoms with van der Waals surface area (Å²) in [7, 11) is 0. The first-order valence-corrected chi connectivity index (χ1v) is 9.37. The van der Waals surface area contributed by atoms with Crippen LogP contribution in [0, 0.1) is 0 Å². The third-order valence-corrected chi connectivity index (χ3v) is 5.19. The molecular formula is C19H8Cl2F3N5O2. The van der Waals surface area contributed by atoms with Crippen molar-refractivity contribution in [2.75, 3.05) is 0 Å². The Morgan fingerprint density at radius 2 is 1.97 bits per heavy atom. The summed E-state index contributed by atoms with van der Waals surface area (Å²) in [5.74, 6) is -0.371. The van der Waals surface area contributed by atoms with Crippen LogP contribution in [0.4, 0.5) is 13.2 Å². The molecule has 0 saturated heterocycles. The predicted molar refractivity (Wildman–Crippen MR) is 108 cm³/mol. The van der Waals surface area contributed by atoms with E-state index >= 15 is 0 Å². The smallest absolute Gasteiger partial charge is 0.401 e. The highest BCUT2D eigenvalue weighted by Gasteiger charge is 2.34. The molecule has 0 radical (unpaired) electrons. The molecule has 0 fully saturated rings. The lowest BCUT2D eigenvalue weighted by Crippen LogP contribution is -2.07. The van der Waals surface area contributed by atoms with E-state index in [0.717, 1.165) is 16.8 Å². The van der Waals surface area contributed by atoms with Gasteiger partial charge in [0.15, 0.2) is 5.82 Å². The van der Waals surface area contributed by atoms with E-state index in [9.17, 15) is 18.0 Å². The van der Waals surface area contributed by atoms with E-state index in [0.29, 0.717) is 10.9 Å². The van der Waals surface area contributed by atoms with Crippen molar-refractivity contribution in [1.82, 2.24) is 24.7 Å². The monoisotopic (exact) mass is 465 g/mol. The van der Waals surface area contributed by atoms with E-state index in [1.807, 2.05) is 0 Å². The van der Waals surface area contributed by atoms with Gasteiger partial charge in [-0.1, -0.05) is 23.2 Å². The first kappa shape index (κ1) is 19.6. The number of pyridine rings is 1. The molecule has 0 amide bonds. The molecule has 0 aliphatic heterocycles. The Labute approximate surface area is 180 Å². The Hall–Kier alpha value is -3.37. The first-order chi connectivity index (χ1) is 14.7. The van der Waals surface area contributed by atoms with Crippen molar-refractivity contribution in [3.8, 4) is 17.4 Å². The van der Waals surface area contributed by atoms with Crippen molar-refractivity contribution in [2.24, 2.45) is 0 Å². The van der Waals surface area contributed by atoms with Crippen LogP contribution in [0.15, 0.2) is 52.1 Å². The predicted octanol–water partition coefficient (Wildman–Crippen LogP) is 5.24. The topological polar surface area (TPSA) is 89.6 Å². The van der Waals surface area contributed by atoms with Crippen molar-refractivity contribution in [3.05, 3.63) is 68.9 Å². The van der Waals surface area contributed by atoms with Crippen molar-refractivity contribution in [3.63, 3.8) is 0 Å². The number of nitrogens with zero attached hydrogens (tertiary/aromatic N) is 4. The summed E-state index contributed by atoms with van der Waals surface area (Å²) in [5, 5.41) is 7.33. The summed E-state index contributed by atoms with van der Waals surface area (Å²) in [6.45, 7) is 0. The minimum Gasteiger partial charge on any atom is -0.401 e. The molecular weight excluding hydrogens is 458 g/mol. The Morgan fingerprint density at radius 3 is 2.71 bits per heavy atom. The minimum atomic E-state index is -4.67. The molecule has 1 N–H and O–H groups in total. The van der Waals surface area contributed by atoms with Gasteiger partial charge < -0.3 is 4.42 Å². The highest BCUT2D eigenvalue weighted by molar-refractivity contribution is 6.36. The van der Waals surface area contributed by atoms with Crippen LogP contribution in [-0.2, 0) is 6.18 Å².